The fourth-order valence-electron chi connectivity index (χ4n) is 3.34. The molecule has 7 heteroatoms. The first-order valence-electron chi connectivity index (χ1n) is 8.18. The third-order valence-electron chi connectivity index (χ3n) is 4.60. The summed E-state index contributed by atoms with van der Waals surface area (Å²) in [5.74, 6) is 0.516. The molecule has 2 aromatic heterocycles. The minimum Gasteiger partial charge on any atom is -0.350 e. The fraction of sp³-hybridized carbons (Fsp3) is 0.278. The lowest BCUT2D eigenvalue weighted by Gasteiger charge is -2.19. The van der Waals surface area contributed by atoms with Gasteiger partial charge in [0.1, 0.15) is 11.5 Å². The van der Waals surface area contributed by atoms with E-state index in [2.05, 4.69) is 15.0 Å². The summed E-state index contributed by atoms with van der Waals surface area (Å²) in [6, 6.07) is 7.32. The number of carbonyl (C=O) groups excluding carboxylic acids is 1. The molecule has 4 rings (SSSR count). The maximum Gasteiger partial charge on any atom is 0.270 e. The molecule has 0 radical (unpaired) electrons. The van der Waals surface area contributed by atoms with Gasteiger partial charge >= 0.3 is 0 Å². The van der Waals surface area contributed by atoms with Gasteiger partial charge in [-0.2, -0.15) is 0 Å². The Bertz CT molecular complexity index is 1040. The quantitative estimate of drug-likeness (QED) is 0.702. The second-order valence-corrected chi connectivity index (χ2v) is 6.66. The molecule has 1 aliphatic rings. The van der Waals surface area contributed by atoms with Gasteiger partial charge in [-0.15, -0.1) is 0 Å². The van der Waals surface area contributed by atoms with E-state index in [0.29, 0.717) is 48.0 Å². The number of hydrogen-bond donors (Lipinski definition) is 2. The first-order chi connectivity index (χ1) is 12.0. The number of nitrogens with zero attached hydrogens (tertiary/aromatic N) is 2. The van der Waals surface area contributed by atoms with Gasteiger partial charge in [-0.25, -0.2) is 4.98 Å². The van der Waals surface area contributed by atoms with E-state index < -0.39 is 0 Å². The minimum atomic E-state index is -0.103. The van der Waals surface area contributed by atoms with Crippen LogP contribution in [0.15, 0.2) is 29.1 Å². The Labute approximate surface area is 148 Å². The third kappa shape index (κ3) is 2.82. The van der Waals surface area contributed by atoms with Gasteiger partial charge in [0.25, 0.3) is 11.5 Å². The van der Waals surface area contributed by atoms with Crippen LogP contribution in [0.4, 0.5) is 0 Å². The molecule has 1 amide bonds. The molecule has 0 saturated heterocycles. The molecular formula is C18H17ClN4O2. The van der Waals surface area contributed by atoms with E-state index in [1.54, 1.807) is 24.0 Å². The standard InChI is InChI=1S/C18H17ClN4O2/c1-10-20-15-6-8-23(7-5-11(15)17(24)21-10)18(25)16-9-12-13(19)3-2-4-14(12)22-16/h2-4,9,22H,5-8H2,1H3,(H,20,21,24). The lowest BCUT2D eigenvalue weighted by molar-refractivity contribution is 0.0758. The largest absolute Gasteiger partial charge is 0.350 e. The highest BCUT2D eigenvalue weighted by Crippen LogP contribution is 2.25. The Morgan fingerprint density at radius 2 is 2.04 bits per heavy atom. The van der Waals surface area contributed by atoms with Crippen molar-refractivity contribution in [1.82, 2.24) is 19.9 Å². The lowest BCUT2D eigenvalue weighted by atomic mass is 10.1. The second-order valence-electron chi connectivity index (χ2n) is 6.25. The van der Waals surface area contributed by atoms with Crippen LogP contribution in [0.1, 0.15) is 27.6 Å². The topological polar surface area (TPSA) is 81.8 Å². The molecule has 0 saturated carbocycles. The van der Waals surface area contributed by atoms with Crippen LogP contribution in [0.3, 0.4) is 0 Å². The maximum atomic E-state index is 12.9. The Balaban J connectivity index is 1.62. The molecule has 6 nitrogen and oxygen atoms in total. The summed E-state index contributed by atoms with van der Waals surface area (Å²) in [5.41, 5.74) is 2.71. The molecule has 3 heterocycles. The summed E-state index contributed by atoms with van der Waals surface area (Å²) in [6.45, 7) is 2.79. The Hall–Kier alpha value is -2.60. The Morgan fingerprint density at radius 1 is 1.24 bits per heavy atom. The summed E-state index contributed by atoms with van der Waals surface area (Å²) >= 11 is 6.19. The minimum absolute atomic E-state index is 0.0896. The van der Waals surface area contributed by atoms with E-state index in [-0.39, 0.29) is 11.5 Å². The average Bonchev–Trinajstić information content (AvgIpc) is 2.90. The van der Waals surface area contributed by atoms with Crippen LogP contribution in [-0.2, 0) is 12.8 Å². The third-order valence-corrected chi connectivity index (χ3v) is 4.93. The summed E-state index contributed by atoms with van der Waals surface area (Å²) < 4.78 is 0. The van der Waals surface area contributed by atoms with Crippen molar-refractivity contribution in [3.05, 3.63) is 62.4 Å². The lowest BCUT2D eigenvalue weighted by Crippen LogP contribution is -2.33. The molecule has 0 atom stereocenters. The zero-order valence-electron chi connectivity index (χ0n) is 13.7. The molecule has 0 aliphatic carbocycles. The number of fused-ring (bicyclic) bond motifs is 2. The number of nitrogens with one attached hydrogen (secondary N) is 2. The van der Waals surface area contributed by atoms with E-state index in [4.69, 9.17) is 11.6 Å². The van der Waals surface area contributed by atoms with E-state index in [0.717, 1.165) is 16.6 Å². The van der Waals surface area contributed by atoms with Gasteiger partial charge < -0.3 is 14.9 Å². The normalized spacial score (nSPS) is 14.4. The molecule has 0 fully saturated rings. The summed E-state index contributed by atoms with van der Waals surface area (Å²) in [6.07, 6.45) is 1.08. The van der Waals surface area contributed by atoms with Crippen LogP contribution in [0.5, 0.6) is 0 Å². The first kappa shape index (κ1) is 15.9. The van der Waals surface area contributed by atoms with Crippen molar-refractivity contribution in [3.8, 4) is 0 Å². The fourth-order valence-corrected chi connectivity index (χ4v) is 3.57. The number of halogens is 1. The van der Waals surface area contributed by atoms with Crippen LogP contribution >= 0.6 is 11.6 Å². The average molecular weight is 357 g/mol. The summed E-state index contributed by atoms with van der Waals surface area (Å²) in [4.78, 5) is 37.1. The molecule has 0 unspecified atom stereocenters. The number of carbonyl (C=O) groups is 1. The van der Waals surface area contributed by atoms with Crippen molar-refractivity contribution in [3.63, 3.8) is 0 Å². The molecule has 1 aliphatic heterocycles. The predicted octanol–water partition coefficient (Wildman–Crippen LogP) is 2.45. The monoisotopic (exact) mass is 356 g/mol. The van der Waals surface area contributed by atoms with Crippen molar-refractivity contribution in [2.24, 2.45) is 0 Å². The molecule has 0 bridgehead atoms. The van der Waals surface area contributed by atoms with E-state index in [9.17, 15) is 9.59 Å². The number of aromatic amines is 2. The molecule has 3 aromatic rings. The molecule has 1 aromatic carbocycles. The van der Waals surface area contributed by atoms with Crippen LogP contribution in [0, 0.1) is 6.92 Å². The van der Waals surface area contributed by atoms with E-state index >= 15 is 0 Å². The second kappa shape index (κ2) is 6.04. The highest BCUT2D eigenvalue weighted by atomic mass is 35.5. The predicted molar refractivity (Wildman–Crippen MR) is 96.2 cm³/mol. The van der Waals surface area contributed by atoms with Gasteiger partial charge in [0.2, 0.25) is 0 Å². The Morgan fingerprint density at radius 3 is 2.84 bits per heavy atom. The molecule has 0 spiro atoms. The van der Waals surface area contributed by atoms with Crippen LogP contribution in [0.2, 0.25) is 5.02 Å². The van der Waals surface area contributed by atoms with Crippen molar-refractivity contribution in [1.29, 1.82) is 0 Å². The number of aryl methyl sites for hydroxylation is 1. The summed E-state index contributed by atoms with van der Waals surface area (Å²) in [5, 5.41) is 1.45. The van der Waals surface area contributed by atoms with Crippen molar-refractivity contribution in [2.75, 3.05) is 13.1 Å². The molecular weight excluding hydrogens is 340 g/mol. The SMILES string of the molecule is Cc1nc2c(c(=O)[nH]1)CCN(C(=O)c1cc3c(Cl)cccc3[nH]1)CC2. The van der Waals surface area contributed by atoms with Gasteiger partial charge in [-0.1, -0.05) is 17.7 Å². The first-order valence-corrected chi connectivity index (χ1v) is 8.56. The number of H-pyrrole nitrogens is 2. The van der Waals surface area contributed by atoms with Crippen LogP contribution < -0.4 is 5.56 Å². The van der Waals surface area contributed by atoms with Crippen LogP contribution in [-0.4, -0.2) is 38.8 Å². The number of hydrogen-bond acceptors (Lipinski definition) is 3. The van der Waals surface area contributed by atoms with Crippen molar-refractivity contribution in [2.45, 2.75) is 19.8 Å². The number of rotatable bonds is 1. The van der Waals surface area contributed by atoms with Crippen LogP contribution in [0.25, 0.3) is 10.9 Å². The number of aromatic nitrogens is 3. The summed E-state index contributed by atoms with van der Waals surface area (Å²) in [7, 11) is 0. The van der Waals surface area contributed by atoms with E-state index in [1.807, 2.05) is 12.1 Å². The van der Waals surface area contributed by atoms with Gasteiger partial charge in [0, 0.05) is 41.0 Å². The van der Waals surface area contributed by atoms with Gasteiger partial charge in [-0.3, -0.25) is 9.59 Å². The smallest absolute Gasteiger partial charge is 0.270 e. The zero-order valence-corrected chi connectivity index (χ0v) is 14.5. The van der Waals surface area contributed by atoms with E-state index in [1.165, 1.54) is 0 Å². The van der Waals surface area contributed by atoms with Gasteiger partial charge in [-0.05, 0) is 31.5 Å². The molecule has 128 valence electrons. The maximum absolute atomic E-state index is 12.9. The zero-order chi connectivity index (χ0) is 17.6. The molecule has 2 N–H and O–H groups in total. The van der Waals surface area contributed by atoms with Gasteiger partial charge in [0.05, 0.1) is 5.69 Å². The molecule has 25 heavy (non-hydrogen) atoms. The van der Waals surface area contributed by atoms with Crippen molar-refractivity contribution < 1.29 is 4.79 Å². The highest BCUT2D eigenvalue weighted by molar-refractivity contribution is 6.35. The number of amides is 1. The van der Waals surface area contributed by atoms with Crippen molar-refractivity contribution >= 4 is 28.4 Å². The number of benzene rings is 1. The Kier molecular flexibility index (Phi) is 3.84. The van der Waals surface area contributed by atoms with Gasteiger partial charge in [0.15, 0.2) is 0 Å². The highest BCUT2D eigenvalue weighted by Gasteiger charge is 2.23.